The van der Waals surface area contributed by atoms with Crippen molar-refractivity contribution in [3.05, 3.63) is 176 Å². The number of aromatic nitrogens is 4. The first-order valence-corrected chi connectivity index (χ1v) is 25.9. The highest BCUT2D eigenvalue weighted by molar-refractivity contribution is 5.96. The maximum atomic E-state index is 5.57. The van der Waals surface area contributed by atoms with Crippen LogP contribution < -0.4 is 9.80 Å². The van der Waals surface area contributed by atoms with Gasteiger partial charge in [0.25, 0.3) is 0 Å². The van der Waals surface area contributed by atoms with Crippen LogP contribution in [-0.4, -0.2) is 48.1 Å². The Morgan fingerprint density at radius 2 is 0.662 bits per heavy atom. The quantitative estimate of drug-likeness (QED) is 0.173. The number of hydrogen-bond acceptors (Lipinski definition) is 4. The highest BCUT2D eigenvalue weighted by Crippen LogP contribution is 2.40. The minimum Gasteiger partial charge on any atom is -0.378 e. The van der Waals surface area contributed by atoms with Crippen LogP contribution in [0.15, 0.2) is 109 Å². The third kappa shape index (κ3) is 10.8. The Labute approximate surface area is 440 Å². The van der Waals surface area contributed by atoms with Gasteiger partial charge in [-0.25, -0.2) is 9.97 Å². The van der Waals surface area contributed by atoms with E-state index in [1.165, 1.54) is 22.3 Å². The van der Waals surface area contributed by atoms with Gasteiger partial charge in [0.15, 0.2) is 0 Å². The first-order valence-electron chi connectivity index (χ1n) is 25.9. The van der Waals surface area contributed by atoms with Crippen molar-refractivity contribution in [2.75, 3.05) is 38.0 Å². The molecule has 74 heavy (non-hydrogen) atoms. The van der Waals surface area contributed by atoms with Crippen molar-refractivity contribution in [1.82, 2.24) is 19.9 Å². The fourth-order valence-electron chi connectivity index (χ4n) is 9.31. The molecule has 0 saturated heterocycles. The van der Waals surface area contributed by atoms with Gasteiger partial charge in [-0.3, -0.25) is 0 Å². The fourth-order valence-corrected chi connectivity index (χ4v) is 9.31. The zero-order valence-corrected chi connectivity index (χ0v) is 46.5. The molecule has 0 unspecified atom stereocenters. The first-order chi connectivity index (χ1) is 34.8. The Morgan fingerprint density at radius 3 is 0.986 bits per heavy atom. The molecule has 0 fully saturated rings. The molecule has 0 amide bonds. The molecule has 6 heteroatoms. The fraction of sp³-hybridized carbons (Fsp3) is 0.294. The maximum absolute atomic E-state index is 5.57. The smallest absolute Gasteiger partial charge is 0.0816 e. The number of aromatic amines is 2. The summed E-state index contributed by atoms with van der Waals surface area (Å²) in [6.45, 7) is 27.4. The molecule has 2 aliphatic rings. The largest absolute Gasteiger partial charge is 0.378 e. The van der Waals surface area contributed by atoms with Gasteiger partial charge in [-0.2, -0.15) is 0 Å². The molecule has 8 bridgehead atoms. The molecule has 6 nitrogen and oxygen atoms in total. The van der Waals surface area contributed by atoms with Gasteiger partial charge >= 0.3 is 0 Å². The molecule has 7 aromatic rings. The molecule has 0 spiro atoms. The zero-order chi connectivity index (χ0) is 53.1. The van der Waals surface area contributed by atoms with E-state index in [0.717, 1.165) is 101 Å². The summed E-state index contributed by atoms with van der Waals surface area (Å²) < 4.78 is 0. The number of benzene rings is 4. The Kier molecular flexibility index (Phi) is 13.3. The van der Waals surface area contributed by atoms with Crippen LogP contribution in [0.3, 0.4) is 0 Å². The second-order valence-corrected chi connectivity index (χ2v) is 24.5. The average Bonchev–Trinajstić information content (AvgIpc) is 4.19. The number of fused-ring (bicyclic) bond motifs is 8. The van der Waals surface area contributed by atoms with Crippen molar-refractivity contribution < 1.29 is 0 Å². The zero-order valence-electron chi connectivity index (χ0n) is 46.5. The lowest BCUT2D eigenvalue weighted by Crippen LogP contribution is -2.16. The van der Waals surface area contributed by atoms with Gasteiger partial charge in [0.05, 0.1) is 44.9 Å². The van der Waals surface area contributed by atoms with Crippen LogP contribution in [0.4, 0.5) is 11.4 Å². The third-order valence-corrected chi connectivity index (χ3v) is 14.1. The summed E-state index contributed by atoms with van der Waals surface area (Å²) in [5, 5.41) is 0. The number of anilines is 2. The molecule has 2 N–H and O–H groups in total. The lowest BCUT2D eigenvalue weighted by molar-refractivity contribution is 0.568. The summed E-state index contributed by atoms with van der Waals surface area (Å²) >= 11 is 0. The molecule has 3 aromatic heterocycles. The Hall–Kier alpha value is -7.80. The highest BCUT2D eigenvalue weighted by atomic mass is 15.1. The monoisotopic (exact) mass is 973 g/mol. The minimum atomic E-state index is -0.103. The van der Waals surface area contributed by atoms with E-state index in [4.69, 9.17) is 9.97 Å². The van der Waals surface area contributed by atoms with Crippen LogP contribution in [0.5, 0.6) is 0 Å². The molecule has 0 aliphatic carbocycles. The Morgan fingerprint density at radius 1 is 0.351 bits per heavy atom. The van der Waals surface area contributed by atoms with Crippen LogP contribution in [0.2, 0.25) is 0 Å². The number of hydrogen-bond donors (Lipinski definition) is 2. The number of H-pyrrole nitrogens is 2. The van der Waals surface area contributed by atoms with Gasteiger partial charge in [-0.15, -0.1) is 0 Å². The van der Waals surface area contributed by atoms with Crippen LogP contribution in [0.25, 0.3) is 68.6 Å². The topological polar surface area (TPSA) is 63.8 Å². The van der Waals surface area contributed by atoms with E-state index in [9.17, 15) is 0 Å². The molecular formula is C68H72N6. The summed E-state index contributed by atoms with van der Waals surface area (Å²) in [5.74, 6) is 14.4. The molecule has 0 radical (unpaired) electrons. The second kappa shape index (κ2) is 19.2. The SMILES string of the molecule is CN(C)c1ccc(C#Cc2c3nc(c(-c4cc(C(C)(C)C)cc(C(C)(C)C)c4)c4ccc([nH]4)c(C#Cc4ccc(N(C)C)cc4)c4ccc([nH]4)c(-c4cc(C(C)(C)C)cc(C(C)(C)C)c4)c4nc2C=C4)C=C3)cc1. The summed E-state index contributed by atoms with van der Waals surface area (Å²) in [7, 11) is 8.21. The van der Waals surface area contributed by atoms with Crippen molar-refractivity contribution in [2.45, 2.75) is 105 Å². The molecule has 9 rings (SSSR count). The van der Waals surface area contributed by atoms with Crippen molar-refractivity contribution >= 4 is 57.7 Å². The third-order valence-electron chi connectivity index (χ3n) is 14.1. The van der Waals surface area contributed by atoms with Crippen LogP contribution >= 0.6 is 0 Å². The highest BCUT2D eigenvalue weighted by Gasteiger charge is 2.26. The summed E-state index contributed by atoms with van der Waals surface area (Å²) in [6.07, 6.45) is 8.50. The Balaban J connectivity index is 1.44. The van der Waals surface area contributed by atoms with E-state index in [1.807, 2.05) is 0 Å². The van der Waals surface area contributed by atoms with Gasteiger partial charge in [0.1, 0.15) is 0 Å². The van der Waals surface area contributed by atoms with Crippen molar-refractivity contribution in [3.8, 4) is 45.9 Å². The van der Waals surface area contributed by atoms with Crippen LogP contribution in [0, 0.1) is 23.7 Å². The molecule has 374 valence electrons. The van der Waals surface area contributed by atoms with Gasteiger partial charge in [0.2, 0.25) is 0 Å². The second-order valence-electron chi connectivity index (χ2n) is 24.5. The summed E-state index contributed by atoms with van der Waals surface area (Å²) in [5.41, 5.74) is 21.3. The first kappa shape index (κ1) is 51.1. The van der Waals surface area contributed by atoms with Gasteiger partial charge < -0.3 is 19.8 Å². The van der Waals surface area contributed by atoms with Crippen LogP contribution in [0.1, 0.15) is 150 Å². The normalized spacial score (nSPS) is 12.5. The lowest BCUT2D eigenvalue weighted by atomic mass is 9.78. The molecule has 0 saturated carbocycles. The number of nitrogens with zero attached hydrogens (tertiary/aromatic N) is 4. The average molecular weight is 973 g/mol. The van der Waals surface area contributed by atoms with E-state index in [0.29, 0.717) is 0 Å². The van der Waals surface area contributed by atoms with E-state index in [1.54, 1.807) is 0 Å². The maximum Gasteiger partial charge on any atom is 0.0816 e. The van der Waals surface area contributed by atoms with Crippen molar-refractivity contribution in [1.29, 1.82) is 0 Å². The van der Waals surface area contributed by atoms with Gasteiger partial charge in [0, 0.05) is 72.9 Å². The molecule has 4 aromatic carbocycles. The number of rotatable bonds is 4. The summed E-state index contributed by atoms with van der Waals surface area (Å²) in [6, 6.07) is 39.6. The minimum absolute atomic E-state index is 0.103. The molecule has 0 atom stereocenters. The van der Waals surface area contributed by atoms with Gasteiger partial charge in [-0.1, -0.05) is 143 Å². The predicted octanol–water partition coefficient (Wildman–Crippen LogP) is 16.1. The van der Waals surface area contributed by atoms with Crippen molar-refractivity contribution in [3.63, 3.8) is 0 Å². The van der Waals surface area contributed by atoms with Crippen LogP contribution in [-0.2, 0) is 21.7 Å². The van der Waals surface area contributed by atoms with E-state index < -0.39 is 0 Å². The lowest BCUT2D eigenvalue weighted by Gasteiger charge is -2.26. The van der Waals surface area contributed by atoms with E-state index >= 15 is 0 Å². The van der Waals surface area contributed by atoms with E-state index in [-0.39, 0.29) is 21.7 Å². The molecule has 5 heterocycles. The Bertz CT molecular complexity index is 3450. The summed E-state index contributed by atoms with van der Waals surface area (Å²) in [4.78, 5) is 23.2. The standard InChI is InChI=1S/C68H72N6/c1-65(2,3)47-37-45(38-48(41-47)66(4,5)6)63-59-33-29-55(69-59)53(27-21-43-17-23-51(24-18-43)73(13)14)57-31-35-61(71-57)64(46-39-49(67(7,8)9)42-50(40-46)68(10,11)12)62-36-32-58(72-62)54(56-30-34-60(63)70-56)28-22-44-19-25-52(26-20-44)74(15)16/h17-20,23-26,29-42,69,71H,1-16H3. The molecular weight excluding hydrogens is 901 g/mol. The number of nitrogens with one attached hydrogen (secondary N) is 2. The predicted molar refractivity (Wildman–Crippen MR) is 318 cm³/mol. The van der Waals surface area contributed by atoms with E-state index in [2.05, 4.69) is 288 Å². The molecule has 2 aliphatic heterocycles. The van der Waals surface area contributed by atoms with Crippen molar-refractivity contribution in [2.24, 2.45) is 0 Å². The van der Waals surface area contributed by atoms with Gasteiger partial charge in [-0.05, 0) is 152 Å².